The van der Waals surface area contributed by atoms with Crippen LogP contribution in [0.2, 0.25) is 0 Å². The standard InChI is InChI=1S/C13H17NO.2ClH/c15-13(11-7-3-1-4-8-11)14-12-9-5-2-6-10-12;;/h1,3-4,7-8,12H,2,5-6,9-10H2,(H,14,15);2*1H. The van der Waals surface area contributed by atoms with Gasteiger partial charge in [0.1, 0.15) is 0 Å². The summed E-state index contributed by atoms with van der Waals surface area (Å²) < 4.78 is 0. The SMILES string of the molecule is Cl.Cl.O=C(NC1CCCCC1)c1ccccc1. The average Bonchev–Trinajstić information content (AvgIpc) is 2.31. The second-order valence-corrected chi connectivity index (χ2v) is 4.17. The van der Waals surface area contributed by atoms with Gasteiger partial charge in [-0.25, -0.2) is 0 Å². The second-order valence-electron chi connectivity index (χ2n) is 4.17. The maximum atomic E-state index is 11.8. The molecule has 0 unspecified atom stereocenters. The van der Waals surface area contributed by atoms with Gasteiger partial charge in [-0.05, 0) is 25.0 Å². The van der Waals surface area contributed by atoms with Crippen LogP contribution < -0.4 is 5.32 Å². The van der Waals surface area contributed by atoms with E-state index >= 15 is 0 Å². The van der Waals surface area contributed by atoms with Crippen LogP contribution in [0.15, 0.2) is 30.3 Å². The summed E-state index contributed by atoms with van der Waals surface area (Å²) in [6.45, 7) is 0. The summed E-state index contributed by atoms with van der Waals surface area (Å²) in [5, 5.41) is 3.10. The second kappa shape index (κ2) is 8.37. The van der Waals surface area contributed by atoms with Crippen LogP contribution in [0.4, 0.5) is 0 Å². The van der Waals surface area contributed by atoms with Crippen molar-refractivity contribution in [3.05, 3.63) is 35.9 Å². The van der Waals surface area contributed by atoms with Crippen LogP contribution in [0.25, 0.3) is 0 Å². The molecule has 1 N–H and O–H groups in total. The lowest BCUT2D eigenvalue weighted by Crippen LogP contribution is -2.36. The van der Waals surface area contributed by atoms with Gasteiger partial charge in [-0.2, -0.15) is 0 Å². The monoisotopic (exact) mass is 275 g/mol. The molecule has 1 aliphatic rings. The summed E-state index contributed by atoms with van der Waals surface area (Å²) >= 11 is 0. The predicted octanol–water partition coefficient (Wildman–Crippen LogP) is 3.59. The third-order valence-electron chi connectivity index (χ3n) is 2.98. The number of carbonyl (C=O) groups is 1. The zero-order valence-corrected chi connectivity index (χ0v) is 11.4. The molecule has 1 fully saturated rings. The van der Waals surface area contributed by atoms with E-state index in [2.05, 4.69) is 5.32 Å². The van der Waals surface area contributed by atoms with Crippen LogP contribution >= 0.6 is 24.8 Å². The fourth-order valence-corrected chi connectivity index (χ4v) is 2.11. The Morgan fingerprint density at radius 1 is 1.00 bits per heavy atom. The van der Waals surface area contributed by atoms with E-state index in [0.717, 1.165) is 18.4 Å². The van der Waals surface area contributed by atoms with Crippen molar-refractivity contribution in [1.82, 2.24) is 5.32 Å². The maximum absolute atomic E-state index is 11.8. The molecule has 2 nitrogen and oxygen atoms in total. The minimum absolute atomic E-state index is 0. The molecule has 1 saturated carbocycles. The molecule has 0 bridgehead atoms. The minimum Gasteiger partial charge on any atom is -0.349 e. The smallest absolute Gasteiger partial charge is 0.251 e. The lowest BCUT2D eigenvalue weighted by atomic mass is 9.95. The Balaban J connectivity index is 0.00000128. The highest BCUT2D eigenvalue weighted by atomic mass is 35.5. The molecule has 0 aromatic heterocycles. The number of nitrogens with one attached hydrogen (secondary N) is 1. The Hall–Kier alpha value is -0.730. The molecule has 1 aliphatic carbocycles. The first kappa shape index (κ1) is 16.3. The van der Waals surface area contributed by atoms with Crippen LogP contribution in [0.1, 0.15) is 42.5 Å². The van der Waals surface area contributed by atoms with Crippen LogP contribution in [-0.4, -0.2) is 11.9 Å². The van der Waals surface area contributed by atoms with Gasteiger partial charge in [0.05, 0.1) is 0 Å². The molecule has 0 radical (unpaired) electrons. The number of benzene rings is 1. The molecule has 0 atom stereocenters. The van der Waals surface area contributed by atoms with Crippen molar-refractivity contribution in [3.8, 4) is 0 Å². The summed E-state index contributed by atoms with van der Waals surface area (Å²) in [5.74, 6) is 0.0718. The van der Waals surface area contributed by atoms with E-state index < -0.39 is 0 Å². The average molecular weight is 276 g/mol. The zero-order chi connectivity index (χ0) is 10.5. The van der Waals surface area contributed by atoms with E-state index in [0.29, 0.717) is 6.04 Å². The van der Waals surface area contributed by atoms with Crippen LogP contribution in [0.3, 0.4) is 0 Å². The van der Waals surface area contributed by atoms with E-state index in [9.17, 15) is 4.79 Å². The first-order valence-electron chi connectivity index (χ1n) is 5.72. The highest BCUT2D eigenvalue weighted by Crippen LogP contribution is 2.17. The topological polar surface area (TPSA) is 29.1 Å². The van der Waals surface area contributed by atoms with E-state index in [4.69, 9.17) is 0 Å². The van der Waals surface area contributed by atoms with E-state index in [1.165, 1.54) is 19.3 Å². The summed E-state index contributed by atoms with van der Waals surface area (Å²) in [5.41, 5.74) is 0.767. The van der Waals surface area contributed by atoms with Gasteiger partial charge >= 0.3 is 0 Å². The predicted molar refractivity (Wildman–Crippen MR) is 75.3 cm³/mol. The van der Waals surface area contributed by atoms with E-state index in [1.807, 2.05) is 30.3 Å². The Morgan fingerprint density at radius 3 is 2.18 bits per heavy atom. The van der Waals surface area contributed by atoms with Crippen molar-refractivity contribution in [3.63, 3.8) is 0 Å². The lowest BCUT2D eigenvalue weighted by Gasteiger charge is -2.22. The van der Waals surface area contributed by atoms with E-state index in [1.54, 1.807) is 0 Å². The lowest BCUT2D eigenvalue weighted by molar-refractivity contribution is 0.0927. The first-order chi connectivity index (χ1) is 7.36. The molecule has 17 heavy (non-hydrogen) atoms. The third kappa shape index (κ3) is 4.97. The summed E-state index contributed by atoms with van der Waals surface area (Å²) in [4.78, 5) is 11.8. The van der Waals surface area contributed by atoms with Gasteiger partial charge in [-0.15, -0.1) is 24.8 Å². The third-order valence-corrected chi connectivity index (χ3v) is 2.98. The molecule has 2 rings (SSSR count). The number of rotatable bonds is 2. The van der Waals surface area contributed by atoms with Crippen molar-refractivity contribution in [2.24, 2.45) is 0 Å². The number of carbonyl (C=O) groups excluding carboxylic acids is 1. The van der Waals surface area contributed by atoms with Crippen LogP contribution in [0, 0.1) is 0 Å². The normalized spacial score (nSPS) is 15.3. The van der Waals surface area contributed by atoms with Crippen LogP contribution in [0.5, 0.6) is 0 Å². The van der Waals surface area contributed by atoms with Gasteiger partial charge in [-0.3, -0.25) is 4.79 Å². The molecular weight excluding hydrogens is 257 g/mol. The molecule has 0 aliphatic heterocycles. The van der Waals surface area contributed by atoms with Crippen LogP contribution in [-0.2, 0) is 0 Å². The fourth-order valence-electron chi connectivity index (χ4n) is 2.11. The fraction of sp³-hybridized carbons (Fsp3) is 0.462. The van der Waals surface area contributed by atoms with Gasteiger partial charge in [-0.1, -0.05) is 37.5 Å². The summed E-state index contributed by atoms with van der Waals surface area (Å²) in [6, 6.07) is 9.84. The van der Waals surface area contributed by atoms with Gasteiger partial charge in [0.2, 0.25) is 0 Å². The summed E-state index contributed by atoms with van der Waals surface area (Å²) in [6.07, 6.45) is 6.09. The van der Waals surface area contributed by atoms with Crippen molar-refractivity contribution < 1.29 is 4.79 Å². The van der Waals surface area contributed by atoms with Crippen molar-refractivity contribution >= 4 is 30.7 Å². The molecule has 4 heteroatoms. The molecule has 1 amide bonds. The quantitative estimate of drug-likeness (QED) is 0.878. The molecule has 1 aromatic carbocycles. The van der Waals surface area contributed by atoms with Gasteiger partial charge in [0.25, 0.3) is 5.91 Å². The number of hydrogen-bond donors (Lipinski definition) is 1. The zero-order valence-electron chi connectivity index (χ0n) is 9.72. The molecule has 0 saturated heterocycles. The molecule has 0 heterocycles. The Labute approximate surface area is 115 Å². The van der Waals surface area contributed by atoms with Crippen molar-refractivity contribution in [2.45, 2.75) is 38.1 Å². The molecule has 0 spiro atoms. The first-order valence-corrected chi connectivity index (χ1v) is 5.72. The highest BCUT2D eigenvalue weighted by molar-refractivity contribution is 5.94. The van der Waals surface area contributed by atoms with Crippen molar-refractivity contribution in [2.75, 3.05) is 0 Å². The van der Waals surface area contributed by atoms with Crippen molar-refractivity contribution in [1.29, 1.82) is 0 Å². The van der Waals surface area contributed by atoms with E-state index in [-0.39, 0.29) is 30.7 Å². The van der Waals surface area contributed by atoms with Gasteiger partial charge in [0, 0.05) is 11.6 Å². The highest BCUT2D eigenvalue weighted by Gasteiger charge is 2.15. The molecule has 96 valence electrons. The number of hydrogen-bond acceptors (Lipinski definition) is 1. The molecule has 1 aromatic rings. The summed E-state index contributed by atoms with van der Waals surface area (Å²) in [7, 11) is 0. The van der Waals surface area contributed by atoms with Gasteiger partial charge < -0.3 is 5.32 Å². The minimum atomic E-state index is 0. The Kier molecular flexibility index (Phi) is 8.01. The number of amides is 1. The number of halogens is 2. The van der Waals surface area contributed by atoms with Gasteiger partial charge in [0.15, 0.2) is 0 Å². The molecular formula is C13H19Cl2NO. The largest absolute Gasteiger partial charge is 0.349 e. The Morgan fingerprint density at radius 2 is 1.59 bits per heavy atom. The maximum Gasteiger partial charge on any atom is 0.251 e. The Bertz CT molecular complexity index is 323.